The second-order valence-electron chi connectivity index (χ2n) is 3.15. The molecule has 0 aliphatic rings. The number of primary amides is 1. The van der Waals surface area contributed by atoms with E-state index in [1.807, 2.05) is 0 Å². The number of amides is 1. The fourth-order valence-electron chi connectivity index (χ4n) is 1.20. The van der Waals surface area contributed by atoms with Crippen LogP contribution in [-0.4, -0.2) is 19.5 Å². The number of hydrogen-bond acceptors (Lipinski definition) is 3. The van der Waals surface area contributed by atoms with Crippen LogP contribution in [0, 0.1) is 5.82 Å². The maximum Gasteiger partial charge on any atom is 0.236 e. The molecule has 6 heteroatoms. The van der Waals surface area contributed by atoms with Gasteiger partial charge in [0.25, 0.3) is 0 Å². The molecule has 0 unspecified atom stereocenters. The van der Waals surface area contributed by atoms with Crippen LogP contribution in [0.3, 0.4) is 0 Å². The molecular formula is C9H11BrFN3O. The summed E-state index contributed by atoms with van der Waals surface area (Å²) in [5.41, 5.74) is 11.5. The minimum atomic E-state index is -0.475. The Morgan fingerprint density at radius 3 is 2.73 bits per heavy atom. The minimum absolute atomic E-state index is 0.0300. The Morgan fingerprint density at radius 1 is 1.60 bits per heavy atom. The highest BCUT2D eigenvalue weighted by molar-refractivity contribution is 9.10. The highest BCUT2D eigenvalue weighted by atomic mass is 79.9. The molecule has 1 rings (SSSR count). The predicted molar refractivity (Wildman–Crippen MR) is 61.0 cm³/mol. The molecule has 0 aliphatic carbocycles. The zero-order chi connectivity index (χ0) is 11.6. The van der Waals surface area contributed by atoms with E-state index in [0.29, 0.717) is 10.2 Å². The van der Waals surface area contributed by atoms with Crippen molar-refractivity contribution in [2.45, 2.75) is 0 Å². The van der Waals surface area contributed by atoms with Gasteiger partial charge in [0.15, 0.2) is 0 Å². The van der Waals surface area contributed by atoms with E-state index in [9.17, 15) is 9.18 Å². The van der Waals surface area contributed by atoms with Crippen molar-refractivity contribution in [2.75, 3.05) is 24.2 Å². The molecule has 0 fully saturated rings. The van der Waals surface area contributed by atoms with Gasteiger partial charge in [-0.1, -0.05) is 0 Å². The minimum Gasteiger partial charge on any atom is -0.397 e. The van der Waals surface area contributed by atoms with Crippen molar-refractivity contribution >= 4 is 33.2 Å². The lowest BCUT2D eigenvalue weighted by molar-refractivity contribution is -0.116. The number of benzene rings is 1. The summed E-state index contributed by atoms with van der Waals surface area (Å²) >= 11 is 3.04. The summed E-state index contributed by atoms with van der Waals surface area (Å²) in [6.07, 6.45) is 0. The van der Waals surface area contributed by atoms with Crippen molar-refractivity contribution in [3.8, 4) is 0 Å². The summed E-state index contributed by atoms with van der Waals surface area (Å²) in [4.78, 5) is 12.3. The lowest BCUT2D eigenvalue weighted by atomic mass is 10.2. The Morgan fingerprint density at radius 2 is 2.20 bits per heavy atom. The van der Waals surface area contributed by atoms with Crippen LogP contribution in [0.5, 0.6) is 0 Å². The first-order valence-electron chi connectivity index (χ1n) is 4.15. The van der Waals surface area contributed by atoms with Gasteiger partial charge in [-0.3, -0.25) is 4.79 Å². The normalized spacial score (nSPS) is 10.1. The van der Waals surface area contributed by atoms with Crippen molar-refractivity contribution in [1.82, 2.24) is 0 Å². The SMILES string of the molecule is CN(CC(N)=O)c1cc(Br)c(F)cc1N. The number of hydrogen-bond donors (Lipinski definition) is 2. The number of anilines is 2. The number of nitrogens with zero attached hydrogens (tertiary/aromatic N) is 1. The molecule has 1 aromatic rings. The van der Waals surface area contributed by atoms with E-state index < -0.39 is 11.7 Å². The summed E-state index contributed by atoms with van der Waals surface area (Å²) in [5, 5.41) is 0. The lowest BCUT2D eigenvalue weighted by Crippen LogP contribution is -2.31. The molecule has 0 radical (unpaired) electrons. The fourth-order valence-corrected chi connectivity index (χ4v) is 1.53. The Bertz CT molecular complexity index is 397. The number of likely N-dealkylation sites (N-methyl/N-ethyl adjacent to an activating group) is 1. The number of carbonyl (C=O) groups excluding carboxylic acids is 1. The van der Waals surface area contributed by atoms with E-state index in [-0.39, 0.29) is 12.2 Å². The third-order valence-corrected chi connectivity index (χ3v) is 2.48. The Labute approximate surface area is 95.2 Å². The smallest absolute Gasteiger partial charge is 0.236 e. The molecular weight excluding hydrogens is 265 g/mol. The zero-order valence-corrected chi connectivity index (χ0v) is 9.71. The largest absolute Gasteiger partial charge is 0.397 e. The summed E-state index contributed by atoms with van der Waals surface area (Å²) in [6.45, 7) is 0.0300. The molecule has 4 nitrogen and oxygen atoms in total. The third-order valence-electron chi connectivity index (χ3n) is 1.87. The van der Waals surface area contributed by atoms with Crippen molar-refractivity contribution in [2.24, 2.45) is 5.73 Å². The van der Waals surface area contributed by atoms with Gasteiger partial charge < -0.3 is 16.4 Å². The predicted octanol–water partition coefficient (Wildman–Crippen LogP) is 1.09. The molecule has 0 spiro atoms. The summed E-state index contributed by atoms with van der Waals surface area (Å²) in [7, 11) is 1.65. The van der Waals surface area contributed by atoms with Crippen molar-refractivity contribution in [3.05, 3.63) is 22.4 Å². The van der Waals surface area contributed by atoms with Crippen LogP contribution in [0.2, 0.25) is 0 Å². The molecule has 1 amide bonds. The average molecular weight is 276 g/mol. The van der Waals surface area contributed by atoms with E-state index in [1.165, 1.54) is 12.1 Å². The topological polar surface area (TPSA) is 72.3 Å². The van der Waals surface area contributed by atoms with Gasteiger partial charge in [0.05, 0.1) is 22.4 Å². The van der Waals surface area contributed by atoms with Gasteiger partial charge in [-0.05, 0) is 22.0 Å². The van der Waals surface area contributed by atoms with Gasteiger partial charge in [0, 0.05) is 13.1 Å². The molecule has 0 bridgehead atoms. The van der Waals surface area contributed by atoms with Crippen LogP contribution in [0.1, 0.15) is 0 Å². The molecule has 0 saturated carbocycles. The van der Waals surface area contributed by atoms with Gasteiger partial charge in [-0.25, -0.2) is 4.39 Å². The first-order valence-corrected chi connectivity index (χ1v) is 4.95. The molecule has 0 saturated heterocycles. The summed E-state index contributed by atoms with van der Waals surface area (Å²) in [6, 6.07) is 2.70. The molecule has 0 heterocycles. The average Bonchev–Trinajstić information content (AvgIpc) is 2.09. The molecule has 1 aromatic carbocycles. The summed E-state index contributed by atoms with van der Waals surface area (Å²) in [5.74, 6) is -0.916. The van der Waals surface area contributed by atoms with E-state index in [0.717, 1.165) is 0 Å². The molecule has 4 N–H and O–H groups in total. The van der Waals surface area contributed by atoms with Crippen molar-refractivity contribution in [3.63, 3.8) is 0 Å². The fraction of sp³-hybridized carbons (Fsp3) is 0.222. The number of rotatable bonds is 3. The monoisotopic (exact) mass is 275 g/mol. The van der Waals surface area contributed by atoms with Gasteiger partial charge in [-0.2, -0.15) is 0 Å². The number of halogens is 2. The van der Waals surface area contributed by atoms with Crippen LogP contribution in [-0.2, 0) is 4.79 Å². The van der Waals surface area contributed by atoms with Crippen LogP contribution >= 0.6 is 15.9 Å². The van der Waals surface area contributed by atoms with Gasteiger partial charge in [0.2, 0.25) is 5.91 Å². The van der Waals surface area contributed by atoms with Gasteiger partial charge >= 0.3 is 0 Å². The first-order chi connectivity index (χ1) is 6.91. The Hall–Kier alpha value is -1.30. The summed E-state index contributed by atoms with van der Waals surface area (Å²) < 4.78 is 13.3. The van der Waals surface area contributed by atoms with Crippen LogP contribution in [0.15, 0.2) is 16.6 Å². The quantitative estimate of drug-likeness (QED) is 0.812. The zero-order valence-electron chi connectivity index (χ0n) is 8.13. The van der Waals surface area contributed by atoms with Crippen LogP contribution in [0.4, 0.5) is 15.8 Å². The Balaban J connectivity index is 3.03. The van der Waals surface area contributed by atoms with Crippen molar-refractivity contribution in [1.29, 1.82) is 0 Å². The molecule has 15 heavy (non-hydrogen) atoms. The highest BCUT2D eigenvalue weighted by Crippen LogP contribution is 2.28. The molecule has 0 aliphatic heterocycles. The number of nitrogen functional groups attached to an aromatic ring is 1. The van der Waals surface area contributed by atoms with E-state index in [1.54, 1.807) is 11.9 Å². The lowest BCUT2D eigenvalue weighted by Gasteiger charge is -2.19. The van der Waals surface area contributed by atoms with E-state index in [2.05, 4.69) is 15.9 Å². The number of nitrogens with two attached hydrogens (primary N) is 2. The second kappa shape index (κ2) is 4.48. The van der Waals surface area contributed by atoms with Crippen molar-refractivity contribution < 1.29 is 9.18 Å². The maximum absolute atomic E-state index is 13.0. The highest BCUT2D eigenvalue weighted by Gasteiger charge is 2.11. The standard InChI is InChI=1S/C9H11BrFN3O/c1-14(4-9(13)15)8-2-5(10)6(11)3-7(8)12/h2-3H,4,12H2,1H3,(H2,13,15). The molecule has 0 aromatic heterocycles. The second-order valence-corrected chi connectivity index (χ2v) is 4.00. The van der Waals surface area contributed by atoms with Crippen LogP contribution in [0.25, 0.3) is 0 Å². The molecule has 0 atom stereocenters. The Kier molecular flexibility index (Phi) is 3.52. The van der Waals surface area contributed by atoms with E-state index >= 15 is 0 Å². The van der Waals surface area contributed by atoms with E-state index in [4.69, 9.17) is 11.5 Å². The van der Waals surface area contributed by atoms with Crippen LogP contribution < -0.4 is 16.4 Å². The number of carbonyl (C=O) groups is 1. The maximum atomic E-state index is 13.0. The third kappa shape index (κ3) is 2.82. The van der Waals surface area contributed by atoms with Gasteiger partial charge in [-0.15, -0.1) is 0 Å². The van der Waals surface area contributed by atoms with Gasteiger partial charge in [0.1, 0.15) is 5.82 Å². The molecule has 82 valence electrons. The first kappa shape index (κ1) is 11.8.